The van der Waals surface area contributed by atoms with Crippen LogP contribution in [0.1, 0.15) is 22.3 Å². The van der Waals surface area contributed by atoms with E-state index in [1.807, 2.05) is 122 Å². The highest BCUT2D eigenvalue weighted by Gasteiger charge is 2.89. The van der Waals surface area contributed by atoms with E-state index in [4.69, 9.17) is 0 Å². The van der Waals surface area contributed by atoms with Crippen LogP contribution in [0.5, 0.6) is 0 Å². The largest absolute Gasteiger partial charge is 0.274 e. The van der Waals surface area contributed by atoms with E-state index in [2.05, 4.69) is 0 Å². The van der Waals surface area contributed by atoms with Crippen LogP contribution in [0.4, 0.5) is 5.69 Å². The molecule has 0 bridgehead atoms. The van der Waals surface area contributed by atoms with Gasteiger partial charge in [0.05, 0.1) is 17.0 Å². The fourth-order valence-corrected chi connectivity index (χ4v) is 6.06. The first-order chi connectivity index (χ1) is 16.1. The van der Waals surface area contributed by atoms with E-state index >= 15 is 0 Å². The quantitative estimate of drug-likeness (QED) is 0.406. The first-order valence-corrected chi connectivity index (χ1v) is 11.2. The Morgan fingerprint density at radius 2 is 1.00 bits per heavy atom. The highest BCUT2D eigenvalue weighted by Crippen LogP contribution is 2.77. The molecule has 1 saturated heterocycles. The molecule has 0 spiro atoms. The topological polar surface area (TPSA) is 37.4 Å². The second-order valence-corrected chi connectivity index (χ2v) is 8.96. The zero-order valence-electron chi connectivity index (χ0n) is 18.3. The number of imide groups is 1. The molecule has 2 atom stereocenters. The molecule has 33 heavy (non-hydrogen) atoms. The highest BCUT2D eigenvalue weighted by atomic mass is 16.2. The molecule has 2 aliphatic rings. The molecular formula is C30H23NO2. The Bertz CT molecular complexity index is 1310. The molecule has 2 fully saturated rings. The first-order valence-electron chi connectivity index (χ1n) is 11.2. The Labute approximate surface area is 193 Å². The van der Waals surface area contributed by atoms with E-state index in [0.717, 1.165) is 22.3 Å². The number of hydrogen-bond acceptors (Lipinski definition) is 2. The molecule has 0 N–H and O–H groups in total. The average molecular weight is 430 g/mol. The standard InChI is InChI=1S/C30H23NO2/c1-21-17-19-25(20-18-21)31-27(32)26-29(22-11-5-2-6-12-22,23-13-7-3-8-14-23)30(26,28(31)33)24-15-9-4-10-16-24/h2-20,26H,1H3/t26-,30-/m0/s1. The molecule has 0 radical (unpaired) electrons. The van der Waals surface area contributed by atoms with Crippen LogP contribution in [0.15, 0.2) is 115 Å². The van der Waals surface area contributed by atoms with Gasteiger partial charge in [0.1, 0.15) is 5.41 Å². The van der Waals surface area contributed by atoms with E-state index in [1.54, 1.807) is 0 Å². The lowest BCUT2D eigenvalue weighted by atomic mass is 9.76. The molecule has 1 aliphatic heterocycles. The van der Waals surface area contributed by atoms with Gasteiger partial charge in [0.25, 0.3) is 0 Å². The first kappa shape index (κ1) is 19.7. The Morgan fingerprint density at radius 3 is 1.45 bits per heavy atom. The summed E-state index contributed by atoms with van der Waals surface area (Å²) < 4.78 is 0. The number of rotatable bonds is 4. The second kappa shape index (κ2) is 7.01. The number of hydrogen-bond donors (Lipinski definition) is 0. The second-order valence-electron chi connectivity index (χ2n) is 8.96. The van der Waals surface area contributed by atoms with E-state index in [1.165, 1.54) is 4.90 Å². The van der Waals surface area contributed by atoms with Crippen LogP contribution in [-0.2, 0) is 20.4 Å². The summed E-state index contributed by atoms with van der Waals surface area (Å²) >= 11 is 0. The van der Waals surface area contributed by atoms with Gasteiger partial charge in [0.2, 0.25) is 11.8 Å². The van der Waals surface area contributed by atoms with Crippen LogP contribution in [0, 0.1) is 12.8 Å². The molecular weight excluding hydrogens is 406 g/mol. The number of anilines is 1. The van der Waals surface area contributed by atoms with Crippen molar-refractivity contribution in [3.05, 3.63) is 138 Å². The summed E-state index contributed by atoms with van der Waals surface area (Å²) in [5.74, 6) is -0.799. The predicted molar refractivity (Wildman–Crippen MR) is 129 cm³/mol. The molecule has 1 heterocycles. The monoisotopic (exact) mass is 429 g/mol. The number of amides is 2. The lowest BCUT2D eigenvalue weighted by molar-refractivity contribution is -0.124. The third kappa shape index (κ3) is 2.39. The molecule has 2 amide bonds. The summed E-state index contributed by atoms with van der Waals surface area (Å²) in [5, 5.41) is 0. The van der Waals surface area contributed by atoms with E-state index < -0.39 is 16.7 Å². The van der Waals surface area contributed by atoms with Gasteiger partial charge < -0.3 is 0 Å². The number of carbonyl (C=O) groups excluding carboxylic acids is 2. The summed E-state index contributed by atoms with van der Waals surface area (Å²) in [7, 11) is 0. The number of fused-ring (bicyclic) bond motifs is 1. The Kier molecular flexibility index (Phi) is 4.18. The van der Waals surface area contributed by atoms with Gasteiger partial charge in [-0.2, -0.15) is 0 Å². The van der Waals surface area contributed by atoms with Crippen molar-refractivity contribution in [1.82, 2.24) is 0 Å². The van der Waals surface area contributed by atoms with Crippen molar-refractivity contribution in [2.24, 2.45) is 5.92 Å². The van der Waals surface area contributed by atoms with Crippen molar-refractivity contribution in [3.63, 3.8) is 0 Å². The number of benzene rings is 4. The van der Waals surface area contributed by atoms with Gasteiger partial charge in [0.15, 0.2) is 0 Å². The fourth-order valence-electron chi connectivity index (χ4n) is 6.06. The molecule has 4 aromatic rings. The van der Waals surface area contributed by atoms with Crippen molar-refractivity contribution < 1.29 is 9.59 Å². The van der Waals surface area contributed by atoms with E-state index in [0.29, 0.717) is 5.69 Å². The number of carbonyl (C=O) groups is 2. The molecule has 1 aliphatic carbocycles. The van der Waals surface area contributed by atoms with Gasteiger partial charge in [-0.05, 0) is 35.7 Å². The molecule has 6 rings (SSSR count). The van der Waals surface area contributed by atoms with Crippen molar-refractivity contribution >= 4 is 17.5 Å². The summed E-state index contributed by atoms with van der Waals surface area (Å²) in [6.07, 6.45) is 0. The van der Waals surface area contributed by atoms with E-state index in [9.17, 15) is 9.59 Å². The van der Waals surface area contributed by atoms with Crippen molar-refractivity contribution in [3.8, 4) is 0 Å². The Hall–Kier alpha value is -3.98. The molecule has 160 valence electrons. The summed E-state index contributed by atoms with van der Waals surface area (Å²) in [6.45, 7) is 2.00. The molecule has 0 aromatic heterocycles. The zero-order chi connectivity index (χ0) is 22.6. The molecule has 0 unspecified atom stereocenters. The lowest BCUT2D eigenvalue weighted by Crippen LogP contribution is -2.44. The zero-order valence-corrected chi connectivity index (χ0v) is 18.3. The maximum Gasteiger partial charge on any atom is 0.246 e. The molecule has 1 saturated carbocycles. The lowest BCUT2D eigenvalue weighted by Gasteiger charge is -2.31. The number of aryl methyl sites for hydroxylation is 1. The van der Waals surface area contributed by atoms with Gasteiger partial charge in [-0.15, -0.1) is 0 Å². The van der Waals surface area contributed by atoms with Crippen LogP contribution in [0.3, 0.4) is 0 Å². The predicted octanol–water partition coefficient (Wildman–Crippen LogP) is 5.42. The smallest absolute Gasteiger partial charge is 0.246 e. The van der Waals surface area contributed by atoms with Gasteiger partial charge >= 0.3 is 0 Å². The molecule has 3 nitrogen and oxygen atoms in total. The van der Waals surface area contributed by atoms with Gasteiger partial charge in [-0.3, -0.25) is 9.59 Å². The third-order valence-electron chi connectivity index (χ3n) is 7.39. The third-order valence-corrected chi connectivity index (χ3v) is 7.39. The minimum Gasteiger partial charge on any atom is -0.274 e. The van der Waals surface area contributed by atoms with Gasteiger partial charge in [-0.25, -0.2) is 4.90 Å². The van der Waals surface area contributed by atoms with Crippen LogP contribution in [0.25, 0.3) is 0 Å². The normalized spacial score (nSPS) is 22.8. The molecule has 4 aromatic carbocycles. The van der Waals surface area contributed by atoms with Gasteiger partial charge in [0, 0.05) is 0 Å². The van der Waals surface area contributed by atoms with Crippen LogP contribution in [0.2, 0.25) is 0 Å². The van der Waals surface area contributed by atoms with Crippen molar-refractivity contribution in [2.75, 3.05) is 4.90 Å². The maximum absolute atomic E-state index is 14.4. The average Bonchev–Trinajstić information content (AvgIpc) is 3.46. The fraction of sp³-hybridized carbons (Fsp3) is 0.133. The minimum atomic E-state index is -0.987. The van der Waals surface area contributed by atoms with Crippen LogP contribution >= 0.6 is 0 Å². The SMILES string of the molecule is Cc1ccc(N2C(=O)[C@H]3C(c4ccccc4)(c4ccccc4)[C@]3(c3ccccc3)C2=O)cc1. The summed E-state index contributed by atoms with van der Waals surface area (Å²) in [4.78, 5) is 29.9. The molecule has 3 heteroatoms. The van der Waals surface area contributed by atoms with Crippen molar-refractivity contribution in [2.45, 2.75) is 17.8 Å². The van der Waals surface area contributed by atoms with E-state index in [-0.39, 0.29) is 11.8 Å². The minimum absolute atomic E-state index is 0.139. The van der Waals surface area contributed by atoms with Crippen molar-refractivity contribution in [1.29, 1.82) is 0 Å². The van der Waals surface area contributed by atoms with Gasteiger partial charge in [-0.1, -0.05) is 109 Å². The Morgan fingerprint density at radius 1 is 0.576 bits per heavy atom. The number of piperidine rings is 1. The maximum atomic E-state index is 14.4. The number of nitrogens with zero attached hydrogens (tertiary/aromatic N) is 1. The summed E-state index contributed by atoms with van der Waals surface area (Å²) in [6, 6.07) is 37.5. The van der Waals surface area contributed by atoms with Crippen LogP contribution in [-0.4, -0.2) is 11.8 Å². The highest BCUT2D eigenvalue weighted by molar-refractivity contribution is 6.32. The van der Waals surface area contributed by atoms with Crippen LogP contribution < -0.4 is 4.90 Å². The Balaban J connectivity index is 1.64. The summed E-state index contributed by atoms with van der Waals surface area (Å²) in [5.41, 5.74) is 2.86.